The van der Waals surface area contributed by atoms with Crippen LogP contribution >= 0.6 is 0 Å². The van der Waals surface area contributed by atoms with Gasteiger partial charge in [0.25, 0.3) is 11.5 Å². The maximum atomic E-state index is 12.2. The first-order valence-corrected chi connectivity index (χ1v) is 7.59. The fraction of sp³-hybridized carbons (Fsp3) is 0.533. The molecule has 124 valence electrons. The number of ketones is 1. The van der Waals surface area contributed by atoms with E-state index in [0.29, 0.717) is 25.9 Å². The van der Waals surface area contributed by atoms with Crippen LogP contribution in [0.2, 0.25) is 0 Å². The molecule has 0 aromatic carbocycles. The van der Waals surface area contributed by atoms with Crippen molar-refractivity contribution in [1.82, 2.24) is 20.4 Å². The standard InChI is InChI=1S/C15H20N4O4/c1-10(20)2-4-13(21)16-11-6-8-19(9-7-11)15(23)12-3-5-14(22)18-17-12/h3,5,11H,2,4,6-9H2,1H3,(H,16,21)(H,18,22). The van der Waals surface area contributed by atoms with E-state index in [1.165, 1.54) is 19.1 Å². The van der Waals surface area contributed by atoms with Gasteiger partial charge in [-0.15, -0.1) is 0 Å². The molecule has 0 spiro atoms. The lowest BCUT2D eigenvalue weighted by molar-refractivity contribution is -0.125. The molecule has 0 atom stereocenters. The van der Waals surface area contributed by atoms with Gasteiger partial charge in [0.15, 0.2) is 0 Å². The molecular weight excluding hydrogens is 300 g/mol. The molecule has 23 heavy (non-hydrogen) atoms. The van der Waals surface area contributed by atoms with Crippen LogP contribution in [0.5, 0.6) is 0 Å². The molecule has 2 N–H and O–H groups in total. The minimum Gasteiger partial charge on any atom is -0.353 e. The highest BCUT2D eigenvalue weighted by Gasteiger charge is 2.25. The molecular formula is C15H20N4O4. The predicted octanol–water partition coefficient (Wildman–Crippen LogP) is -0.140. The Bertz CT molecular complexity index is 627. The normalized spacial score (nSPS) is 15.3. The summed E-state index contributed by atoms with van der Waals surface area (Å²) < 4.78 is 0. The highest BCUT2D eigenvalue weighted by molar-refractivity contribution is 5.92. The average molecular weight is 320 g/mol. The SMILES string of the molecule is CC(=O)CCC(=O)NC1CCN(C(=O)c2ccc(=O)[nH]n2)CC1. The third kappa shape index (κ3) is 5.01. The van der Waals surface area contributed by atoms with Gasteiger partial charge in [-0.3, -0.25) is 14.4 Å². The van der Waals surface area contributed by atoms with E-state index in [-0.39, 0.29) is 47.7 Å². The zero-order chi connectivity index (χ0) is 16.8. The Morgan fingerprint density at radius 3 is 2.52 bits per heavy atom. The molecule has 1 saturated heterocycles. The van der Waals surface area contributed by atoms with Crippen molar-refractivity contribution in [2.24, 2.45) is 0 Å². The summed E-state index contributed by atoms with van der Waals surface area (Å²) in [5, 5.41) is 8.86. The topological polar surface area (TPSA) is 112 Å². The Morgan fingerprint density at radius 2 is 1.96 bits per heavy atom. The summed E-state index contributed by atoms with van der Waals surface area (Å²) in [5.41, 5.74) is -0.151. The van der Waals surface area contributed by atoms with Gasteiger partial charge in [-0.2, -0.15) is 5.10 Å². The van der Waals surface area contributed by atoms with Gasteiger partial charge in [0.05, 0.1) is 0 Å². The number of aromatic nitrogens is 2. The molecule has 2 heterocycles. The van der Waals surface area contributed by atoms with Gasteiger partial charge >= 0.3 is 0 Å². The Hall–Kier alpha value is -2.51. The van der Waals surface area contributed by atoms with Gasteiger partial charge < -0.3 is 15.0 Å². The van der Waals surface area contributed by atoms with E-state index in [4.69, 9.17) is 0 Å². The first-order chi connectivity index (χ1) is 11.0. The Morgan fingerprint density at radius 1 is 1.26 bits per heavy atom. The van der Waals surface area contributed by atoms with Crippen LogP contribution in [0.15, 0.2) is 16.9 Å². The van der Waals surface area contributed by atoms with E-state index in [1.807, 2.05) is 0 Å². The van der Waals surface area contributed by atoms with Crippen molar-refractivity contribution in [3.63, 3.8) is 0 Å². The minimum absolute atomic E-state index is 0.00558. The van der Waals surface area contributed by atoms with E-state index in [9.17, 15) is 19.2 Å². The van der Waals surface area contributed by atoms with Crippen molar-refractivity contribution in [3.05, 3.63) is 28.2 Å². The Balaban J connectivity index is 1.80. The van der Waals surface area contributed by atoms with Gasteiger partial charge in [-0.1, -0.05) is 0 Å². The first kappa shape index (κ1) is 16.9. The molecule has 1 aliphatic heterocycles. The molecule has 1 aromatic heterocycles. The third-order valence-electron chi connectivity index (χ3n) is 3.75. The number of amides is 2. The van der Waals surface area contributed by atoms with Crippen LogP contribution in [0.1, 0.15) is 43.1 Å². The van der Waals surface area contributed by atoms with E-state index >= 15 is 0 Å². The van der Waals surface area contributed by atoms with Gasteiger partial charge in [0.1, 0.15) is 11.5 Å². The molecule has 0 saturated carbocycles. The second-order valence-corrected chi connectivity index (χ2v) is 5.64. The number of nitrogens with one attached hydrogen (secondary N) is 2. The number of rotatable bonds is 5. The number of hydrogen-bond acceptors (Lipinski definition) is 5. The Labute approximate surface area is 133 Å². The molecule has 2 amide bonds. The second kappa shape index (κ2) is 7.66. The number of carbonyl (C=O) groups is 3. The van der Waals surface area contributed by atoms with Crippen LogP contribution in [0.25, 0.3) is 0 Å². The molecule has 8 nitrogen and oxygen atoms in total. The number of aromatic amines is 1. The van der Waals surface area contributed by atoms with E-state index < -0.39 is 0 Å². The fourth-order valence-corrected chi connectivity index (χ4v) is 2.44. The molecule has 0 unspecified atom stereocenters. The molecule has 1 aromatic rings. The maximum absolute atomic E-state index is 12.2. The van der Waals surface area contributed by atoms with Crippen LogP contribution in [0.4, 0.5) is 0 Å². The lowest BCUT2D eigenvalue weighted by Gasteiger charge is -2.32. The first-order valence-electron chi connectivity index (χ1n) is 7.59. The monoisotopic (exact) mass is 320 g/mol. The zero-order valence-electron chi connectivity index (χ0n) is 13.0. The number of hydrogen-bond donors (Lipinski definition) is 2. The highest BCUT2D eigenvalue weighted by Crippen LogP contribution is 2.13. The molecule has 1 fully saturated rings. The van der Waals surface area contributed by atoms with Crippen molar-refractivity contribution in [1.29, 1.82) is 0 Å². The van der Waals surface area contributed by atoms with Crippen LogP contribution in [0, 0.1) is 0 Å². The Kier molecular flexibility index (Phi) is 5.61. The van der Waals surface area contributed by atoms with Crippen molar-refractivity contribution in [2.75, 3.05) is 13.1 Å². The predicted molar refractivity (Wildman–Crippen MR) is 81.8 cm³/mol. The second-order valence-electron chi connectivity index (χ2n) is 5.64. The summed E-state index contributed by atoms with van der Waals surface area (Å²) in [4.78, 5) is 47.4. The molecule has 2 rings (SSSR count). The van der Waals surface area contributed by atoms with E-state index in [2.05, 4.69) is 15.5 Å². The third-order valence-corrected chi connectivity index (χ3v) is 3.75. The van der Waals surface area contributed by atoms with Crippen molar-refractivity contribution in [3.8, 4) is 0 Å². The van der Waals surface area contributed by atoms with Gasteiger partial charge in [-0.05, 0) is 25.8 Å². The van der Waals surface area contributed by atoms with Crippen LogP contribution in [-0.4, -0.2) is 51.8 Å². The zero-order valence-corrected chi connectivity index (χ0v) is 13.0. The van der Waals surface area contributed by atoms with Crippen molar-refractivity contribution in [2.45, 2.75) is 38.6 Å². The number of piperidine rings is 1. The largest absolute Gasteiger partial charge is 0.353 e. The molecule has 8 heteroatoms. The quantitative estimate of drug-likeness (QED) is 0.784. The molecule has 0 radical (unpaired) electrons. The van der Waals surface area contributed by atoms with Gasteiger partial charge in [0.2, 0.25) is 5.91 Å². The number of H-pyrrole nitrogens is 1. The van der Waals surface area contributed by atoms with Gasteiger partial charge in [-0.25, -0.2) is 5.10 Å². The smallest absolute Gasteiger partial charge is 0.274 e. The maximum Gasteiger partial charge on any atom is 0.274 e. The molecule has 0 bridgehead atoms. The summed E-state index contributed by atoms with van der Waals surface area (Å²) in [6, 6.07) is 2.68. The summed E-state index contributed by atoms with van der Waals surface area (Å²) in [5.74, 6) is -0.371. The number of likely N-dealkylation sites (tertiary alicyclic amines) is 1. The lowest BCUT2D eigenvalue weighted by atomic mass is 10.0. The molecule has 0 aliphatic carbocycles. The number of carbonyl (C=O) groups excluding carboxylic acids is 3. The summed E-state index contributed by atoms with van der Waals surface area (Å²) in [6.45, 7) is 2.48. The minimum atomic E-state index is -0.353. The summed E-state index contributed by atoms with van der Waals surface area (Å²) >= 11 is 0. The van der Waals surface area contributed by atoms with Gasteiger partial charge in [0, 0.05) is 38.0 Å². The van der Waals surface area contributed by atoms with Crippen molar-refractivity contribution >= 4 is 17.6 Å². The number of Topliss-reactive ketones (excluding diaryl/α,β-unsaturated/α-hetero) is 1. The van der Waals surface area contributed by atoms with Crippen LogP contribution < -0.4 is 10.9 Å². The van der Waals surface area contributed by atoms with Crippen molar-refractivity contribution < 1.29 is 14.4 Å². The average Bonchev–Trinajstić information content (AvgIpc) is 2.54. The summed E-state index contributed by atoms with van der Waals surface area (Å²) in [7, 11) is 0. The van der Waals surface area contributed by atoms with Crippen LogP contribution in [-0.2, 0) is 9.59 Å². The highest BCUT2D eigenvalue weighted by atomic mass is 16.2. The fourth-order valence-electron chi connectivity index (χ4n) is 2.44. The van der Waals surface area contributed by atoms with E-state index in [0.717, 1.165) is 0 Å². The van der Waals surface area contributed by atoms with Crippen LogP contribution in [0.3, 0.4) is 0 Å². The lowest BCUT2D eigenvalue weighted by Crippen LogP contribution is -2.46. The number of nitrogens with zero attached hydrogens (tertiary/aromatic N) is 2. The molecule has 1 aliphatic rings. The van der Waals surface area contributed by atoms with E-state index in [1.54, 1.807) is 4.90 Å². The summed E-state index contributed by atoms with van der Waals surface area (Å²) in [6.07, 6.45) is 1.76.